The van der Waals surface area contributed by atoms with E-state index in [0.717, 1.165) is 23.4 Å². The van der Waals surface area contributed by atoms with Crippen LogP contribution in [0.3, 0.4) is 0 Å². The number of carbonyl (C=O) groups excluding carboxylic acids is 1. The Hall–Kier alpha value is -3.00. The maximum Gasteiger partial charge on any atom is 0.387 e. The van der Waals surface area contributed by atoms with E-state index in [1.54, 1.807) is 28.4 Å². The lowest BCUT2D eigenvalue weighted by Crippen LogP contribution is -2.36. The minimum Gasteiger partial charge on any atom is -0.493 e. The maximum absolute atomic E-state index is 12.8. The van der Waals surface area contributed by atoms with Gasteiger partial charge in [-0.3, -0.25) is 4.79 Å². The number of aromatic nitrogens is 1. The van der Waals surface area contributed by atoms with Crippen molar-refractivity contribution in [2.75, 3.05) is 20.2 Å². The van der Waals surface area contributed by atoms with Crippen LogP contribution in [0.2, 0.25) is 0 Å². The SMILES string of the molecule is COc1cccc(/C=C/C(=O)N2CCC(c3nc4ccccc4s3)CC2)c1OC(F)F. The van der Waals surface area contributed by atoms with Crippen molar-refractivity contribution in [3.05, 3.63) is 59.1 Å². The molecule has 0 saturated carbocycles. The van der Waals surface area contributed by atoms with E-state index < -0.39 is 6.61 Å². The number of hydrogen-bond donors (Lipinski definition) is 0. The van der Waals surface area contributed by atoms with Crippen LogP contribution in [0.1, 0.15) is 29.3 Å². The van der Waals surface area contributed by atoms with Gasteiger partial charge in [-0.2, -0.15) is 8.78 Å². The monoisotopic (exact) mass is 444 g/mol. The van der Waals surface area contributed by atoms with Gasteiger partial charge in [-0.25, -0.2) is 4.98 Å². The van der Waals surface area contributed by atoms with E-state index in [1.165, 1.54) is 30.0 Å². The van der Waals surface area contributed by atoms with Gasteiger partial charge in [-0.15, -0.1) is 11.3 Å². The first-order valence-corrected chi connectivity index (χ1v) is 10.8. The Morgan fingerprint density at radius 2 is 1.97 bits per heavy atom. The maximum atomic E-state index is 12.8. The molecule has 1 amide bonds. The van der Waals surface area contributed by atoms with Gasteiger partial charge >= 0.3 is 6.61 Å². The fourth-order valence-electron chi connectivity index (χ4n) is 3.72. The number of piperidine rings is 1. The van der Waals surface area contributed by atoms with Crippen LogP contribution in [0.15, 0.2) is 48.5 Å². The van der Waals surface area contributed by atoms with Gasteiger partial charge in [0.15, 0.2) is 11.5 Å². The van der Waals surface area contributed by atoms with E-state index in [0.29, 0.717) is 24.6 Å². The molecule has 1 saturated heterocycles. The van der Waals surface area contributed by atoms with E-state index in [1.807, 2.05) is 18.2 Å². The van der Waals surface area contributed by atoms with Gasteiger partial charge in [-0.1, -0.05) is 24.3 Å². The number of likely N-dealkylation sites (tertiary alicyclic amines) is 1. The first kappa shape index (κ1) is 21.2. The third kappa shape index (κ3) is 4.85. The molecule has 0 atom stereocenters. The average Bonchev–Trinajstić information content (AvgIpc) is 3.22. The van der Waals surface area contributed by atoms with Crippen LogP contribution in [0.5, 0.6) is 11.5 Å². The topological polar surface area (TPSA) is 51.7 Å². The van der Waals surface area contributed by atoms with Gasteiger partial charge in [0.05, 0.1) is 22.3 Å². The second-order valence-electron chi connectivity index (χ2n) is 7.21. The number of thiazole rings is 1. The van der Waals surface area contributed by atoms with E-state index >= 15 is 0 Å². The van der Waals surface area contributed by atoms with Crippen molar-refractivity contribution in [2.24, 2.45) is 0 Å². The summed E-state index contributed by atoms with van der Waals surface area (Å²) in [7, 11) is 1.38. The van der Waals surface area contributed by atoms with Crippen molar-refractivity contribution < 1.29 is 23.0 Å². The van der Waals surface area contributed by atoms with Gasteiger partial charge in [0.1, 0.15) is 0 Å². The second-order valence-corrected chi connectivity index (χ2v) is 8.27. The fraction of sp³-hybridized carbons (Fsp3) is 0.304. The number of nitrogens with zero attached hydrogens (tertiary/aromatic N) is 2. The number of methoxy groups -OCH3 is 1. The minimum atomic E-state index is -2.99. The van der Waals surface area contributed by atoms with Crippen LogP contribution >= 0.6 is 11.3 Å². The van der Waals surface area contributed by atoms with E-state index in [4.69, 9.17) is 9.72 Å². The molecule has 0 aliphatic carbocycles. The molecule has 1 fully saturated rings. The summed E-state index contributed by atoms with van der Waals surface area (Å²) in [6.45, 7) is -1.73. The van der Waals surface area contributed by atoms with Crippen molar-refractivity contribution in [3.63, 3.8) is 0 Å². The molecular formula is C23H22F2N2O3S. The quantitative estimate of drug-likeness (QED) is 0.483. The summed E-state index contributed by atoms with van der Waals surface area (Å²) >= 11 is 1.72. The molecule has 8 heteroatoms. The number of ether oxygens (including phenoxy) is 2. The Morgan fingerprint density at radius 3 is 2.68 bits per heavy atom. The van der Waals surface area contributed by atoms with Crippen molar-refractivity contribution in [2.45, 2.75) is 25.4 Å². The first-order chi connectivity index (χ1) is 15.0. The zero-order chi connectivity index (χ0) is 21.8. The predicted octanol–water partition coefficient (Wildman–Crippen LogP) is 5.33. The van der Waals surface area contributed by atoms with Crippen LogP contribution in [0.4, 0.5) is 8.78 Å². The summed E-state index contributed by atoms with van der Waals surface area (Å²) < 4.78 is 36.4. The minimum absolute atomic E-state index is 0.0846. The molecular weight excluding hydrogens is 422 g/mol. The highest BCUT2D eigenvalue weighted by molar-refractivity contribution is 7.18. The Kier molecular flexibility index (Phi) is 6.46. The molecule has 1 aliphatic heterocycles. The molecule has 5 nitrogen and oxygen atoms in total. The van der Waals surface area contributed by atoms with E-state index in [-0.39, 0.29) is 17.4 Å². The molecule has 2 aromatic carbocycles. The summed E-state index contributed by atoms with van der Waals surface area (Å²) in [4.78, 5) is 19.2. The molecule has 1 aliphatic rings. The Balaban J connectivity index is 1.41. The van der Waals surface area contributed by atoms with Gasteiger partial charge in [-0.05, 0) is 37.1 Å². The Labute approximate surface area is 182 Å². The largest absolute Gasteiger partial charge is 0.493 e. The summed E-state index contributed by atoms with van der Waals surface area (Å²) in [6, 6.07) is 12.9. The molecule has 0 bridgehead atoms. The van der Waals surface area contributed by atoms with Crippen molar-refractivity contribution in [1.82, 2.24) is 9.88 Å². The van der Waals surface area contributed by atoms with Crippen molar-refractivity contribution in [3.8, 4) is 11.5 Å². The van der Waals surface area contributed by atoms with Gasteiger partial charge in [0.25, 0.3) is 0 Å². The number of para-hydroxylation sites is 2. The standard InChI is InChI=1S/C23H22F2N2O3S/c1-29-18-7-4-5-15(21(18)30-23(24)25)9-10-20(28)27-13-11-16(12-14-27)22-26-17-6-2-3-8-19(17)31-22/h2-10,16,23H,11-14H2,1H3/b10-9+. The highest BCUT2D eigenvalue weighted by Gasteiger charge is 2.25. The number of alkyl halides is 2. The molecule has 2 heterocycles. The van der Waals surface area contributed by atoms with E-state index in [9.17, 15) is 13.6 Å². The van der Waals surface area contributed by atoms with Gasteiger partial charge in [0.2, 0.25) is 5.91 Å². The molecule has 1 aromatic heterocycles. The molecule has 31 heavy (non-hydrogen) atoms. The molecule has 0 radical (unpaired) electrons. The molecule has 0 spiro atoms. The highest BCUT2D eigenvalue weighted by Crippen LogP contribution is 2.35. The normalized spacial score (nSPS) is 15.2. The Morgan fingerprint density at radius 1 is 1.19 bits per heavy atom. The lowest BCUT2D eigenvalue weighted by atomic mass is 9.97. The van der Waals surface area contributed by atoms with Crippen LogP contribution < -0.4 is 9.47 Å². The number of fused-ring (bicyclic) bond motifs is 1. The van der Waals surface area contributed by atoms with Crippen molar-refractivity contribution in [1.29, 1.82) is 0 Å². The number of carbonyl (C=O) groups is 1. The van der Waals surface area contributed by atoms with Crippen molar-refractivity contribution >= 4 is 33.5 Å². The molecule has 3 aromatic rings. The second kappa shape index (κ2) is 9.43. The average molecular weight is 445 g/mol. The van der Waals surface area contributed by atoms with Gasteiger partial charge < -0.3 is 14.4 Å². The van der Waals surface area contributed by atoms with Crippen LogP contribution in [0.25, 0.3) is 16.3 Å². The number of amides is 1. The number of hydrogen-bond acceptors (Lipinski definition) is 5. The smallest absolute Gasteiger partial charge is 0.387 e. The lowest BCUT2D eigenvalue weighted by molar-refractivity contribution is -0.126. The molecule has 162 valence electrons. The van der Waals surface area contributed by atoms with Gasteiger partial charge in [0, 0.05) is 30.6 Å². The molecule has 4 rings (SSSR count). The zero-order valence-electron chi connectivity index (χ0n) is 17.0. The fourth-order valence-corrected chi connectivity index (χ4v) is 4.85. The highest BCUT2D eigenvalue weighted by atomic mass is 32.1. The summed E-state index contributed by atoms with van der Waals surface area (Å²) in [5.41, 5.74) is 1.38. The predicted molar refractivity (Wildman–Crippen MR) is 117 cm³/mol. The zero-order valence-corrected chi connectivity index (χ0v) is 17.8. The summed E-state index contributed by atoms with van der Waals surface area (Å²) in [5.74, 6) is 0.286. The van der Waals surface area contributed by atoms with Crippen LogP contribution in [-0.4, -0.2) is 42.6 Å². The van der Waals surface area contributed by atoms with E-state index in [2.05, 4.69) is 10.8 Å². The first-order valence-electron chi connectivity index (χ1n) is 9.99. The van der Waals surface area contributed by atoms with Crippen LogP contribution in [0, 0.1) is 0 Å². The third-order valence-electron chi connectivity index (χ3n) is 5.31. The number of benzene rings is 2. The lowest BCUT2D eigenvalue weighted by Gasteiger charge is -2.30. The summed E-state index contributed by atoms with van der Waals surface area (Å²) in [6.07, 6.45) is 4.57. The van der Waals surface area contributed by atoms with Crippen LogP contribution in [-0.2, 0) is 4.79 Å². The third-order valence-corrected chi connectivity index (χ3v) is 6.51. The summed E-state index contributed by atoms with van der Waals surface area (Å²) in [5, 5.41) is 1.12. The Bertz CT molecular complexity index is 1060. The molecule has 0 unspecified atom stereocenters. The number of halogens is 2. The molecule has 0 N–H and O–H groups in total. The number of rotatable bonds is 6.